The van der Waals surface area contributed by atoms with Crippen LogP contribution in [0.3, 0.4) is 0 Å². The number of nitrogens with two attached hydrogens (primary N) is 1. The molecule has 6 heteroatoms. The van der Waals surface area contributed by atoms with E-state index < -0.39 is 10.8 Å². The van der Waals surface area contributed by atoms with Crippen molar-refractivity contribution in [3.8, 4) is 0 Å². The number of amides is 1. The monoisotopic (exact) mass is 310 g/mol. The standard InChI is InChI=1S/C15H22N2O3S/c16-10-12-3-5-13(6-4-12)17-15(18)7-9-21(19)11-14-2-1-8-20-14/h3-6,14H,1-2,7-11,16H2,(H,17,18). The van der Waals surface area contributed by atoms with Crippen LogP contribution >= 0.6 is 0 Å². The number of hydrogen-bond acceptors (Lipinski definition) is 4. The second-order valence-electron chi connectivity index (χ2n) is 5.14. The zero-order valence-corrected chi connectivity index (χ0v) is 12.9. The highest BCUT2D eigenvalue weighted by Crippen LogP contribution is 2.13. The van der Waals surface area contributed by atoms with Gasteiger partial charge < -0.3 is 15.8 Å². The van der Waals surface area contributed by atoms with Crippen molar-refractivity contribution in [3.05, 3.63) is 29.8 Å². The van der Waals surface area contributed by atoms with Crippen LogP contribution in [0.5, 0.6) is 0 Å². The van der Waals surface area contributed by atoms with Crippen LogP contribution in [0.4, 0.5) is 5.69 Å². The van der Waals surface area contributed by atoms with Crippen LogP contribution in [0, 0.1) is 0 Å². The molecule has 1 heterocycles. The van der Waals surface area contributed by atoms with Gasteiger partial charge in [-0.25, -0.2) is 0 Å². The van der Waals surface area contributed by atoms with Crippen LogP contribution in [0.25, 0.3) is 0 Å². The minimum absolute atomic E-state index is 0.109. The first-order valence-electron chi connectivity index (χ1n) is 7.23. The summed E-state index contributed by atoms with van der Waals surface area (Å²) in [4.78, 5) is 11.8. The van der Waals surface area contributed by atoms with Gasteiger partial charge in [-0.05, 0) is 30.5 Å². The largest absolute Gasteiger partial charge is 0.377 e. The summed E-state index contributed by atoms with van der Waals surface area (Å²) in [6.07, 6.45) is 2.39. The predicted molar refractivity (Wildman–Crippen MR) is 84.4 cm³/mol. The third kappa shape index (κ3) is 5.57. The zero-order chi connectivity index (χ0) is 15.1. The van der Waals surface area contributed by atoms with E-state index in [0.29, 0.717) is 18.1 Å². The number of hydrogen-bond donors (Lipinski definition) is 2. The molecule has 1 saturated heterocycles. The van der Waals surface area contributed by atoms with Gasteiger partial charge in [-0.2, -0.15) is 0 Å². The number of carbonyl (C=O) groups excluding carboxylic acids is 1. The molecule has 1 aliphatic heterocycles. The van der Waals surface area contributed by atoms with Gasteiger partial charge in [0.15, 0.2) is 0 Å². The first kappa shape index (κ1) is 16.1. The summed E-state index contributed by atoms with van der Waals surface area (Å²) in [5.74, 6) is 0.807. The van der Waals surface area contributed by atoms with Gasteiger partial charge in [0.1, 0.15) is 0 Å². The van der Waals surface area contributed by atoms with Crippen LogP contribution in [-0.2, 0) is 26.9 Å². The molecule has 0 saturated carbocycles. The van der Waals surface area contributed by atoms with Crippen LogP contribution < -0.4 is 11.1 Å². The SMILES string of the molecule is NCc1ccc(NC(=O)CCS(=O)CC2CCCO2)cc1. The fourth-order valence-electron chi connectivity index (χ4n) is 2.22. The first-order valence-corrected chi connectivity index (χ1v) is 8.71. The smallest absolute Gasteiger partial charge is 0.225 e. The Labute approximate surface area is 127 Å². The Bertz CT molecular complexity index is 484. The lowest BCUT2D eigenvalue weighted by molar-refractivity contribution is -0.115. The van der Waals surface area contributed by atoms with Crippen molar-refractivity contribution in [2.24, 2.45) is 5.73 Å². The Kier molecular flexibility index (Phi) is 6.35. The van der Waals surface area contributed by atoms with E-state index in [1.165, 1.54) is 0 Å². The van der Waals surface area contributed by atoms with Crippen molar-refractivity contribution in [1.82, 2.24) is 0 Å². The molecule has 116 valence electrons. The van der Waals surface area contributed by atoms with E-state index in [1.54, 1.807) is 0 Å². The van der Waals surface area contributed by atoms with Crippen molar-refractivity contribution >= 4 is 22.4 Å². The second-order valence-corrected chi connectivity index (χ2v) is 6.77. The maximum absolute atomic E-state index is 11.9. The van der Waals surface area contributed by atoms with Gasteiger partial charge in [0, 0.05) is 47.6 Å². The number of nitrogens with one attached hydrogen (secondary N) is 1. The fourth-order valence-corrected chi connectivity index (χ4v) is 3.48. The predicted octanol–water partition coefficient (Wildman–Crippen LogP) is 1.40. The number of anilines is 1. The molecule has 1 fully saturated rings. The number of rotatable bonds is 7. The molecule has 0 aliphatic carbocycles. The summed E-state index contributed by atoms with van der Waals surface area (Å²) in [7, 11) is -0.996. The van der Waals surface area contributed by atoms with Crippen molar-refractivity contribution in [1.29, 1.82) is 0 Å². The lowest BCUT2D eigenvalue weighted by atomic mass is 10.2. The first-order chi connectivity index (χ1) is 10.2. The van der Waals surface area contributed by atoms with Crippen molar-refractivity contribution in [2.45, 2.75) is 31.9 Å². The van der Waals surface area contributed by atoms with Gasteiger partial charge in [0.05, 0.1) is 6.10 Å². The molecule has 2 rings (SSSR count). The molecular formula is C15H22N2O3S. The molecule has 5 nitrogen and oxygen atoms in total. The highest BCUT2D eigenvalue weighted by atomic mass is 32.2. The average Bonchev–Trinajstić information content (AvgIpc) is 2.99. The number of benzene rings is 1. The molecule has 2 unspecified atom stereocenters. The Morgan fingerprint density at radius 3 is 2.76 bits per heavy atom. The van der Waals surface area contributed by atoms with Crippen molar-refractivity contribution in [2.75, 3.05) is 23.4 Å². The van der Waals surface area contributed by atoms with Gasteiger partial charge in [0.25, 0.3) is 0 Å². The molecule has 0 spiro atoms. The summed E-state index contributed by atoms with van der Waals surface area (Å²) >= 11 is 0. The minimum Gasteiger partial charge on any atom is -0.377 e. The van der Waals surface area contributed by atoms with E-state index in [2.05, 4.69) is 5.32 Å². The highest BCUT2D eigenvalue weighted by Gasteiger charge is 2.18. The van der Waals surface area contributed by atoms with Crippen molar-refractivity contribution in [3.63, 3.8) is 0 Å². The molecule has 1 amide bonds. The van der Waals surface area contributed by atoms with Gasteiger partial charge >= 0.3 is 0 Å². The van der Waals surface area contributed by atoms with E-state index in [1.807, 2.05) is 24.3 Å². The normalized spacial score (nSPS) is 19.4. The number of ether oxygens (including phenoxy) is 1. The van der Waals surface area contributed by atoms with Crippen molar-refractivity contribution < 1.29 is 13.7 Å². The summed E-state index contributed by atoms with van der Waals surface area (Å²) in [5, 5.41) is 2.80. The Hall–Kier alpha value is -1.24. The fraction of sp³-hybridized carbons (Fsp3) is 0.533. The molecule has 0 radical (unpaired) electrons. The zero-order valence-electron chi connectivity index (χ0n) is 12.0. The topological polar surface area (TPSA) is 81.4 Å². The molecule has 0 bridgehead atoms. The molecule has 1 aromatic rings. The Morgan fingerprint density at radius 2 is 2.14 bits per heavy atom. The van der Waals surface area contributed by atoms with E-state index >= 15 is 0 Å². The highest BCUT2D eigenvalue weighted by molar-refractivity contribution is 7.85. The average molecular weight is 310 g/mol. The minimum atomic E-state index is -0.996. The third-order valence-electron chi connectivity index (χ3n) is 3.43. The maximum atomic E-state index is 11.9. The van der Waals surface area contributed by atoms with Crippen LogP contribution in [0.2, 0.25) is 0 Å². The van der Waals surface area contributed by atoms with Gasteiger partial charge in [-0.15, -0.1) is 0 Å². The molecule has 1 aromatic carbocycles. The molecule has 2 atom stereocenters. The van der Waals surface area contributed by atoms with E-state index in [0.717, 1.165) is 30.7 Å². The summed E-state index contributed by atoms with van der Waals surface area (Å²) < 4.78 is 17.3. The van der Waals surface area contributed by atoms with E-state index in [-0.39, 0.29) is 18.4 Å². The molecular weight excluding hydrogens is 288 g/mol. The number of carbonyl (C=O) groups is 1. The second kappa shape index (κ2) is 8.26. The van der Waals surface area contributed by atoms with Crippen LogP contribution in [-0.4, -0.2) is 34.3 Å². The quantitative estimate of drug-likeness (QED) is 0.797. The lowest BCUT2D eigenvalue weighted by Gasteiger charge is -2.09. The summed E-state index contributed by atoms with van der Waals surface area (Å²) in [5.41, 5.74) is 7.27. The van der Waals surface area contributed by atoms with Gasteiger partial charge in [-0.1, -0.05) is 12.1 Å². The Morgan fingerprint density at radius 1 is 1.38 bits per heavy atom. The third-order valence-corrected chi connectivity index (χ3v) is 4.83. The molecule has 0 aromatic heterocycles. The van der Waals surface area contributed by atoms with Crippen LogP contribution in [0.1, 0.15) is 24.8 Å². The molecule has 21 heavy (non-hydrogen) atoms. The lowest BCUT2D eigenvalue weighted by Crippen LogP contribution is -2.20. The van der Waals surface area contributed by atoms with E-state index in [9.17, 15) is 9.00 Å². The summed E-state index contributed by atoms with van der Waals surface area (Å²) in [6.45, 7) is 1.25. The maximum Gasteiger partial charge on any atom is 0.225 e. The van der Waals surface area contributed by atoms with Gasteiger partial charge in [-0.3, -0.25) is 9.00 Å². The Balaban J connectivity index is 1.69. The van der Waals surface area contributed by atoms with Crippen LogP contribution in [0.15, 0.2) is 24.3 Å². The van der Waals surface area contributed by atoms with Gasteiger partial charge in [0.2, 0.25) is 5.91 Å². The molecule has 1 aliphatic rings. The molecule has 3 N–H and O–H groups in total. The summed E-state index contributed by atoms with van der Waals surface area (Å²) in [6, 6.07) is 7.41. The van der Waals surface area contributed by atoms with E-state index in [4.69, 9.17) is 10.5 Å².